The minimum Gasteiger partial charge on any atom is -0.443 e. The molecule has 10 heteroatoms. The standard InChI is InChI=1S/C31H40N4O5S/c1-20-16-23-12-15-34(30(37)40-31(4,5)6)28(23)18-26(20)32-29(36)22(3)35-19-21(2)25-17-24(10-11-27(25)35)41(38,39)33-13-8-7-9-14-33/h10-11,16-19,22H,7-9,12-15H2,1-6H3,(H,32,36). The molecule has 3 heterocycles. The van der Waals surface area contributed by atoms with E-state index in [-0.39, 0.29) is 10.8 Å². The highest BCUT2D eigenvalue weighted by Crippen LogP contribution is 2.35. The fourth-order valence-electron chi connectivity index (χ4n) is 5.70. The number of carbonyl (C=O) groups excluding carboxylic acids is 2. The zero-order chi connectivity index (χ0) is 29.7. The van der Waals surface area contributed by atoms with Crippen molar-refractivity contribution in [2.45, 2.75) is 83.8 Å². The summed E-state index contributed by atoms with van der Waals surface area (Å²) in [4.78, 5) is 28.2. The summed E-state index contributed by atoms with van der Waals surface area (Å²) in [6.07, 6.45) is 5.04. The lowest BCUT2D eigenvalue weighted by Gasteiger charge is -2.26. The van der Waals surface area contributed by atoms with Gasteiger partial charge in [0.2, 0.25) is 15.9 Å². The zero-order valence-electron chi connectivity index (χ0n) is 24.8. The van der Waals surface area contributed by atoms with Crippen LogP contribution in [0, 0.1) is 13.8 Å². The molecule has 0 saturated carbocycles. The molecule has 1 fully saturated rings. The fourth-order valence-corrected chi connectivity index (χ4v) is 7.25. The number of amides is 2. The van der Waals surface area contributed by atoms with Crippen LogP contribution in [0.4, 0.5) is 16.2 Å². The Bertz CT molecular complexity index is 1610. The first kappa shape index (κ1) is 29.1. The number of fused-ring (bicyclic) bond motifs is 2. The second-order valence-electron chi connectivity index (χ2n) is 12.2. The Hall–Kier alpha value is -3.37. The normalized spacial score (nSPS) is 17.0. The lowest BCUT2D eigenvalue weighted by Crippen LogP contribution is -2.35. The maximum absolute atomic E-state index is 13.5. The largest absolute Gasteiger partial charge is 0.443 e. The van der Waals surface area contributed by atoms with Crippen molar-refractivity contribution in [3.63, 3.8) is 0 Å². The lowest BCUT2D eigenvalue weighted by molar-refractivity contribution is -0.118. The summed E-state index contributed by atoms with van der Waals surface area (Å²) in [5.74, 6) is -0.211. The van der Waals surface area contributed by atoms with Gasteiger partial charge in [-0.15, -0.1) is 0 Å². The third-order valence-electron chi connectivity index (χ3n) is 7.95. The van der Waals surface area contributed by atoms with Gasteiger partial charge in [0.25, 0.3) is 0 Å². The maximum atomic E-state index is 13.5. The third kappa shape index (κ3) is 5.72. The topological polar surface area (TPSA) is 101 Å². The van der Waals surface area contributed by atoms with Gasteiger partial charge >= 0.3 is 6.09 Å². The summed E-state index contributed by atoms with van der Waals surface area (Å²) in [6, 6.07) is 8.46. The molecule has 3 aromatic rings. The van der Waals surface area contributed by atoms with Crippen molar-refractivity contribution in [1.82, 2.24) is 8.87 Å². The second-order valence-corrected chi connectivity index (χ2v) is 14.1. The number of benzene rings is 2. The van der Waals surface area contributed by atoms with Gasteiger partial charge in [0.1, 0.15) is 11.6 Å². The van der Waals surface area contributed by atoms with Crippen molar-refractivity contribution in [2.75, 3.05) is 29.9 Å². The molecule has 0 spiro atoms. The highest BCUT2D eigenvalue weighted by atomic mass is 32.2. The van der Waals surface area contributed by atoms with E-state index in [0.717, 1.165) is 59.0 Å². The highest BCUT2D eigenvalue weighted by Gasteiger charge is 2.31. The number of hydrogen-bond donors (Lipinski definition) is 1. The van der Waals surface area contributed by atoms with Crippen molar-refractivity contribution in [3.05, 3.63) is 53.2 Å². The minimum absolute atomic E-state index is 0.211. The summed E-state index contributed by atoms with van der Waals surface area (Å²) < 4.78 is 35.6. The molecule has 2 aliphatic heterocycles. The van der Waals surface area contributed by atoms with Crippen molar-refractivity contribution in [1.29, 1.82) is 0 Å². The number of carbonyl (C=O) groups is 2. The molecule has 1 saturated heterocycles. The van der Waals surface area contributed by atoms with Crippen LogP contribution < -0.4 is 10.2 Å². The minimum atomic E-state index is -3.56. The molecule has 41 heavy (non-hydrogen) atoms. The van der Waals surface area contributed by atoms with E-state index >= 15 is 0 Å². The van der Waals surface area contributed by atoms with Gasteiger partial charge in [-0.2, -0.15) is 4.31 Å². The fraction of sp³-hybridized carbons (Fsp3) is 0.484. The van der Waals surface area contributed by atoms with Gasteiger partial charge < -0.3 is 14.6 Å². The van der Waals surface area contributed by atoms with Gasteiger partial charge in [-0.05, 0) is 102 Å². The molecule has 1 atom stereocenters. The Morgan fingerprint density at radius 3 is 2.37 bits per heavy atom. The molecule has 1 unspecified atom stereocenters. The molecular weight excluding hydrogens is 540 g/mol. The Morgan fingerprint density at radius 1 is 0.976 bits per heavy atom. The zero-order valence-corrected chi connectivity index (χ0v) is 25.6. The van der Waals surface area contributed by atoms with E-state index < -0.39 is 27.8 Å². The van der Waals surface area contributed by atoms with Gasteiger partial charge in [-0.3, -0.25) is 9.69 Å². The van der Waals surface area contributed by atoms with E-state index in [1.165, 1.54) is 0 Å². The van der Waals surface area contributed by atoms with Crippen LogP contribution in [0.25, 0.3) is 10.9 Å². The number of anilines is 2. The molecule has 1 aromatic heterocycles. The summed E-state index contributed by atoms with van der Waals surface area (Å²) in [5, 5.41) is 3.87. The number of aromatic nitrogens is 1. The molecular formula is C31H40N4O5S. The SMILES string of the molecule is Cc1cc2c(cc1NC(=O)C(C)n1cc(C)c3cc(S(=O)(=O)N4CCCCC4)ccc31)N(C(=O)OC(C)(C)C)CC2. The predicted octanol–water partition coefficient (Wildman–Crippen LogP) is 5.93. The van der Waals surface area contributed by atoms with Crippen LogP contribution in [0.5, 0.6) is 0 Å². The Balaban J connectivity index is 1.38. The monoisotopic (exact) mass is 580 g/mol. The lowest BCUT2D eigenvalue weighted by atomic mass is 10.1. The van der Waals surface area contributed by atoms with Crippen molar-refractivity contribution < 1.29 is 22.7 Å². The molecule has 0 aliphatic carbocycles. The Kier molecular flexibility index (Phi) is 7.67. The average molecular weight is 581 g/mol. The first-order valence-electron chi connectivity index (χ1n) is 14.3. The van der Waals surface area contributed by atoms with Gasteiger partial charge in [0, 0.05) is 42.4 Å². The van der Waals surface area contributed by atoms with Crippen LogP contribution in [0.1, 0.15) is 69.7 Å². The smallest absolute Gasteiger partial charge is 0.414 e. The van der Waals surface area contributed by atoms with Gasteiger partial charge in [-0.25, -0.2) is 13.2 Å². The van der Waals surface area contributed by atoms with E-state index in [4.69, 9.17) is 4.74 Å². The maximum Gasteiger partial charge on any atom is 0.414 e. The van der Waals surface area contributed by atoms with Gasteiger partial charge in [0.05, 0.1) is 10.6 Å². The van der Waals surface area contributed by atoms with Crippen LogP contribution in [0.3, 0.4) is 0 Å². The van der Waals surface area contributed by atoms with Crippen LogP contribution in [0.15, 0.2) is 41.4 Å². The van der Waals surface area contributed by atoms with Crippen molar-refractivity contribution in [3.8, 4) is 0 Å². The molecule has 5 rings (SSSR count). The first-order valence-corrected chi connectivity index (χ1v) is 15.8. The Labute approximate surface area is 242 Å². The number of nitrogens with zero attached hydrogens (tertiary/aromatic N) is 3. The first-order chi connectivity index (χ1) is 19.3. The van der Waals surface area contributed by atoms with E-state index in [2.05, 4.69) is 5.32 Å². The molecule has 0 bridgehead atoms. The summed E-state index contributed by atoms with van der Waals surface area (Å²) >= 11 is 0. The van der Waals surface area contributed by atoms with Crippen LogP contribution in [0.2, 0.25) is 0 Å². The molecule has 2 aromatic carbocycles. The van der Waals surface area contributed by atoms with E-state index in [1.54, 1.807) is 27.4 Å². The molecule has 2 aliphatic rings. The number of piperidine rings is 1. The Morgan fingerprint density at radius 2 is 1.68 bits per heavy atom. The summed E-state index contributed by atoms with van der Waals surface area (Å²) in [7, 11) is -3.56. The van der Waals surface area contributed by atoms with Crippen LogP contribution >= 0.6 is 0 Å². The summed E-state index contributed by atoms with van der Waals surface area (Å²) in [5.41, 5.74) is 4.43. The molecule has 0 radical (unpaired) electrons. The quantitative estimate of drug-likeness (QED) is 0.403. The second kappa shape index (κ2) is 10.8. The van der Waals surface area contributed by atoms with Crippen molar-refractivity contribution >= 4 is 44.3 Å². The third-order valence-corrected chi connectivity index (χ3v) is 9.84. The predicted molar refractivity (Wildman–Crippen MR) is 161 cm³/mol. The van der Waals surface area contributed by atoms with E-state index in [1.807, 2.05) is 64.4 Å². The molecule has 2 amide bonds. The molecule has 220 valence electrons. The van der Waals surface area contributed by atoms with E-state index in [0.29, 0.717) is 25.3 Å². The molecule has 1 N–H and O–H groups in total. The number of aryl methyl sites for hydroxylation is 2. The van der Waals surface area contributed by atoms with E-state index in [9.17, 15) is 18.0 Å². The number of nitrogens with one attached hydrogen (secondary N) is 1. The van der Waals surface area contributed by atoms with Gasteiger partial charge in [0.15, 0.2) is 0 Å². The number of hydrogen-bond acceptors (Lipinski definition) is 5. The number of sulfonamides is 1. The number of rotatable bonds is 5. The summed E-state index contributed by atoms with van der Waals surface area (Å²) in [6.45, 7) is 12.8. The average Bonchev–Trinajstić information content (AvgIpc) is 3.48. The van der Waals surface area contributed by atoms with Crippen LogP contribution in [-0.4, -0.2) is 54.5 Å². The van der Waals surface area contributed by atoms with Crippen LogP contribution in [-0.2, 0) is 26.0 Å². The van der Waals surface area contributed by atoms with Gasteiger partial charge in [-0.1, -0.05) is 12.5 Å². The highest BCUT2D eigenvalue weighted by molar-refractivity contribution is 7.89. The number of ether oxygens (including phenoxy) is 1. The molecule has 9 nitrogen and oxygen atoms in total. The van der Waals surface area contributed by atoms with Crippen molar-refractivity contribution in [2.24, 2.45) is 0 Å².